The average molecular weight is 1180 g/mol. The van der Waals surface area contributed by atoms with E-state index in [4.69, 9.17) is 40.2 Å². The van der Waals surface area contributed by atoms with Crippen LogP contribution in [0.3, 0.4) is 0 Å². The van der Waals surface area contributed by atoms with Crippen LogP contribution in [0.25, 0.3) is 0 Å². The standard InChI is InChI=1S/C11H6F6O5.2C11H10F6O.C9H4F6O.CO2.2Li/c12-10(13,14)9(22,11(15,16)17)6-2-4(7(18)19)1-5(3-6)8(20)21;2*1-6-3-7(2)5-8(4-6)9(18,10(12,13)14)11(15,16)17;10-8(11,12)7(16,9(13,14)15)6-4-2-1-3-5-6;2-1-3;;/h1-3,22H,(H,18,19)(H,20,21);2*3-5,18H,1-2H3;1,4-5,16H;;;/q;;;-2;;2*+1. The maximum atomic E-state index is 12.7. The molecule has 0 heterocycles. The Labute approximate surface area is 450 Å². The van der Waals surface area contributed by atoms with Crippen molar-refractivity contribution in [3.05, 3.63) is 141 Å². The molecule has 0 aliphatic heterocycles. The fraction of sp³-hybridized carbons (Fsp3) is 0.372. The number of hydrogen-bond donors (Lipinski definition) is 6. The van der Waals surface area contributed by atoms with E-state index in [2.05, 4.69) is 0 Å². The first-order valence-electron chi connectivity index (χ1n) is 19.1. The average Bonchev–Trinajstić information content (AvgIpc) is 3.22. The Morgan fingerprint density at radius 2 is 0.532 bits per heavy atom. The first-order chi connectivity index (χ1) is 34.0. The maximum absolute atomic E-state index is 12.7. The van der Waals surface area contributed by atoms with E-state index in [1.54, 1.807) is 0 Å². The van der Waals surface area contributed by atoms with Crippen LogP contribution in [-0.2, 0) is 32.0 Å². The van der Waals surface area contributed by atoms with Crippen LogP contribution in [0.5, 0.6) is 0 Å². The molecule has 0 saturated heterocycles. The summed E-state index contributed by atoms with van der Waals surface area (Å²) in [5.74, 6) is -3.92. The SMILES string of the molecule is Cc1cc(C)cc(C(O)(C(F)(F)F)C(F)(F)F)c1.Cc1cc(C)cc(C(O)(C(F)(F)F)C(F)(F)F)c1.O=C(O)c1cc(C(=O)O)cc(C(O)(C(F)(F)F)C(F)(F)F)c1.O=C=O.OC(c1c[c-]c[c-]c1)(C(F)(F)F)C(F)(F)F.[Li+].[Li+]. The molecule has 36 heteroatoms. The number of carboxylic acid groups (broad SMARTS) is 2. The second-order valence-corrected chi connectivity index (χ2v) is 15.3. The second kappa shape index (κ2) is 26.9. The van der Waals surface area contributed by atoms with E-state index < -0.39 is 117 Å². The van der Waals surface area contributed by atoms with Crippen molar-refractivity contribution in [2.45, 2.75) is 99.5 Å². The molecule has 0 spiro atoms. The van der Waals surface area contributed by atoms with Gasteiger partial charge in [0.1, 0.15) is 0 Å². The molecule has 79 heavy (non-hydrogen) atoms. The summed E-state index contributed by atoms with van der Waals surface area (Å²) < 4.78 is 301. The molecule has 0 aliphatic rings. The molecule has 10 nitrogen and oxygen atoms in total. The summed E-state index contributed by atoms with van der Waals surface area (Å²) in [4.78, 5) is 37.7. The number of carbonyl (C=O) groups excluding carboxylic acids is 2. The predicted molar refractivity (Wildman–Crippen MR) is 205 cm³/mol. The van der Waals surface area contributed by atoms with E-state index >= 15 is 0 Å². The van der Waals surface area contributed by atoms with Crippen LogP contribution in [0.4, 0.5) is 105 Å². The molecule has 432 valence electrons. The zero-order chi connectivity index (χ0) is 61.5. The Morgan fingerprint density at radius 3 is 0.709 bits per heavy atom. The Kier molecular flexibility index (Phi) is 26.5. The molecule has 0 bridgehead atoms. The van der Waals surface area contributed by atoms with Gasteiger partial charge in [0.2, 0.25) is 0 Å². The summed E-state index contributed by atoms with van der Waals surface area (Å²) in [5.41, 5.74) is -27.2. The molecular weight excluding hydrogens is 1150 g/mol. The van der Waals surface area contributed by atoms with Gasteiger partial charge in [-0.2, -0.15) is 115 Å². The summed E-state index contributed by atoms with van der Waals surface area (Å²) in [6, 6.07) is 11.5. The van der Waals surface area contributed by atoms with Crippen LogP contribution >= 0.6 is 0 Å². The van der Waals surface area contributed by atoms with Gasteiger partial charge in [-0.1, -0.05) is 58.7 Å². The molecule has 4 rings (SSSR count). The Bertz CT molecular complexity index is 2470. The third-order valence-electron chi connectivity index (χ3n) is 9.47. The minimum atomic E-state index is -6.25. The van der Waals surface area contributed by atoms with Gasteiger partial charge in [-0.25, -0.2) is 15.2 Å². The number of hydrogen-bond acceptors (Lipinski definition) is 8. The van der Waals surface area contributed by atoms with Crippen molar-refractivity contribution < 1.29 is 193 Å². The molecule has 0 atom stereocenters. The van der Waals surface area contributed by atoms with Crippen LogP contribution in [0.2, 0.25) is 0 Å². The molecule has 0 fully saturated rings. The van der Waals surface area contributed by atoms with Crippen molar-refractivity contribution in [2.24, 2.45) is 0 Å². The van der Waals surface area contributed by atoms with E-state index in [1.807, 2.05) is 12.1 Å². The number of benzene rings is 4. The zero-order valence-electron chi connectivity index (χ0n) is 39.8. The topological polar surface area (TPSA) is 190 Å². The van der Waals surface area contributed by atoms with Crippen molar-refractivity contribution in [1.82, 2.24) is 0 Å². The molecule has 6 N–H and O–H groups in total. The van der Waals surface area contributed by atoms with Crippen molar-refractivity contribution in [2.75, 3.05) is 0 Å². The minimum Gasteiger partial charge on any atom is -0.478 e. The Morgan fingerprint density at radius 1 is 0.354 bits per heavy atom. The fourth-order valence-corrected chi connectivity index (χ4v) is 5.96. The maximum Gasteiger partial charge on any atom is 1.00 e. The van der Waals surface area contributed by atoms with Crippen molar-refractivity contribution in [1.29, 1.82) is 0 Å². The van der Waals surface area contributed by atoms with Gasteiger partial charge in [-0.15, -0.1) is 0 Å². The van der Waals surface area contributed by atoms with Crippen LogP contribution in [0, 0.1) is 39.8 Å². The van der Waals surface area contributed by atoms with Gasteiger partial charge in [-0.3, -0.25) is 12.1 Å². The molecule has 4 aromatic rings. The largest absolute Gasteiger partial charge is 1.00 e. The van der Waals surface area contributed by atoms with E-state index in [1.165, 1.54) is 39.8 Å². The van der Waals surface area contributed by atoms with Gasteiger partial charge < -0.3 is 48.8 Å². The monoisotopic (exact) mass is 1180 g/mol. The summed E-state index contributed by atoms with van der Waals surface area (Å²) in [6.45, 7) is 5.40. The number of carbonyl (C=O) groups is 2. The molecule has 0 saturated carbocycles. The number of halogens is 24. The molecule has 0 radical (unpaired) electrons. The second-order valence-electron chi connectivity index (χ2n) is 15.3. The molecule has 4 aromatic carbocycles. The number of carboxylic acids is 2. The number of aliphatic hydroxyl groups is 4. The predicted octanol–water partition coefficient (Wildman–Crippen LogP) is 5.65. The van der Waals surface area contributed by atoms with E-state index in [0.29, 0.717) is 42.5 Å². The van der Waals surface area contributed by atoms with E-state index in [0.717, 1.165) is 6.07 Å². The summed E-state index contributed by atoms with van der Waals surface area (Å²) in [6.07, 6.45) is -47.4. The van der Waals surface area contributed by atoms with Gasteiger partial charge >= 0.3 is 105 Å². The van der Waals surface area contributed by atoms with Crippen molar-refractivity contribution >= 4 is 18.1 Å². The van der Waals surface area contributed by atoms with E-state index in [-0.39, 0.29) is 78.3 Å². The normalized spacial score (nSPS) is 12.9. The fourth-order valence-electron chi connectivity index (χ4n) is 5.96. The van der Waals surface area contributed by atoms with Gasteiger partial charge in [0.15, 0.2) is 5.60 Å². The minimum absolute atomic E-state index is 0. The van der Waals surface area contributed by atoms with Crippen molar-refractivity contribution in [3.63, 3.8) is 0 Å². The first-order valence-corrected chi connectivity index (χ1v) is 19.1. The van der Waals surface area contributed by atoms with Crippen LogP contribution in [0.1, 0.15) is 65.2 Å². The molecule has 0 amide bonds. The zero-order valence-corrected chi connectivity index (χ0v) is 39.8. The van der Waals surface area contributed by atoms with E-state index in [9.17, 15) is 115 Å². The van der Waals surface area contributed by atoms with Crippen LogP contribution < -0.4 is 37.7 Å². The third kappa shape index (κ3) is 17.8. The third-order valence-corrected chi connectivity index (χ3v) is 9.47. The van der Waals surface area contributed by atoms with Gasteiger partial charge in [0.05, 0.1) is 11.1 Å². The van der Waals surface area contributed by atoms with Crippen molar-refractivity contribution in [3.8, 4) is 0 Å². The van der Waals surface area contributed by atoms with Gasteiger partial charge in [0, 0.05) is 16.7 Å². The number of rotatable bonds is 6. The number of aryl methyl sites for hydroxylation is 4. The molecule has 0 aliphatic carbocycles. The summed E-state index contributed by atoms with van der Waals surface area (Å²) >= 11 is 0. The number of alkyl halides is 24. The van der Waals surface area contributed by atoms with Gasteiger partial charge in [0.25, 0.3) is 16.8 Å². The van der Waals surface area contributed by atoms with Crippen LogP contribution in [-0.4, -0.2) is 98.1 Å². The smallest absolute Gasteiger partial charge is 0.478 e. The Balaban J connectivity index is -0.000000955. The summed E-state index contributed by atoms with van der Waals surface area (Å²) in [5, 5.41) is 53.6. The molecule has 0 unspecified atom stereocenters. The quantitative estimate of drug-likeness (QED) is 0.0800. The summed E-state index contributed by atoms with van der Waals surface area (Å²) in [7, 11) is 0. The molecular formula is C43H30F24Li2O10. The molecule has 0 aromatic heterocycles. The van der Waals surface area contributed by atoms with Gasteiger partial charge in [-0.05, 0) is 45.9 Å². The van der Waals surface area contributed by atoms with Crippen LogP contribution in [0.15, 0.2) is 72.8 Å². The first kappa shape index (κ1) is 77.8. The number of aromatic carboxylic acids is 2. The Hall–Kier alpha value is -5.45.